The largest absolute Gasteiger partial charge is 0.275 e. The first-order chi connectivity index (χ1) is 49.9. The fourth-order valence-electron chi connectivity index (χ4n) is 19.5. The number of amides is 4. The molecule has 8 atom stereocenters. The normalized spacial score (nSPS) is 20.9. The molecule has 12 heteroatoms. The van der Waals surface area contributed by atoms with Crippen LogP contribution in [0.2, 0.25) is 0 Å². The number of carbonyl (C=O) groups excluding carboxylic acids is 4. The summed E-state index contributed by atoms with van der Waals surface area (Å²) in [5.74, 6) is 6.07. The second-order valence-electron chi connectivity index (χ2n) is 33.3. The molecule has 3 aromatic rings. The van der Waals surface area contributed by atoms with Crippen molar-refractivity contribution in [2.24, 2.45) is 47.3 Å². The average molecular weight is 1410 g/mol. The Morgan fingerprint density at radius 2 is 0.451 bits per heavy atom. The zero-order chi connectivity index (χ0) is 72.5. The molecule has 2 saturated carbocycles. The maximum atomic E-state index is 13.9. The van der Waals surface area contributed by atoms with Crippen LogP contribution < -0.4 is 22.2 Å². The van der Waals surface area contributed by atoms with E-state index in [0.29, 0.717) is 26.2 Å². The van der Waals surface area contributed by atoms with E-state index in [1.54, 1.807) is 0 Å². The summed E-state index contributed by atoms with van der Waals surface area (Å²) in [7, 11) is 0. The van der Waals surface area contributed by atoms with E-state index in [9.17, 15) is 38.4 Å². The van der Waals surface area contributed by atoms with Crippen LogP contribution in [-0.2, 0) is 32.3 Å². The Balaban J connectivity index is 0.824. The molecule has 0 radical (unpaired) electrons. The average Bonchev–Trinajstić information content (AvgIpc) is 1.59. The van der Waals surface area contributed by atoms with Crippen molar-refractivity contribution in [1.82, 2.24) is 18.9 Å². The Hall–Kier alpha value is -4.74. The fraction of sp³-hybridized carbons (Fsp3) is 0.800. The van der Waals surface area contributed by atoms with E-state index >= 15 is 0 Å². The maximum Gasteiger partial charge on any atom is 0.261 e. The van der Waals surface area contributed by atoms with Gasteiger partial charge in [-0.1, -0.05) is 323 Å². The van der Waals surface area contributed by atoms with Crippen molar-refractivity contribution < 1.29 is 19.2 Å². The van der Waals surface area contributed by atoms with E-state index < -0.39 is 0 Å². The van der Waals surface area contributed by atoms with Gasteiger partial charge in [-0.3, -0.25) is 57.3 Å². The van der Waals surface area contributed by atoms with Crippen LogP contribution in [0.1, 0.15) is 387 Å². The van der Waals surface area contributed by atoms with Crippen LogP contribution in [0, 0.1) is 47.3 Å². The number of benzene rings is 1. The highest BCUT2D eigenvalue weighted by Gasteiger charge is 2.38. The zero-order valence-electron chi connectivity index (χ0n) is 65.6. The van der Waals surface area contributed by atoms with Crippen molar-refractivity contribution in [2.45, 2.75) is 400 Å². The SMILES string of the molecule is CCCCCCCCC1C(CCCCCC)CC(CCCCCCCCn2c(=O)c3cc4c(=O)n(CCCCCCCCC5CC(CCCCCCCCN6C(=O)C=CC6=O)CC(CCCCCC)C5CCCCCCCC)c(=O)c4cc3c2=O)CC1CCCCCCCCN1C(=O)C=CC1=O. The van der Waals surface area contributed by atoms with Gasteiger partial charge in [0.2, 0.25) is 0 Å². The Bertz CT molecular complexity index is 3050. The minimum atomic E-state index is -0.345. The van der Waals surface area contributed by atoms with Gasteiger partial charge in [-0.2, -0.15) is 0 Å². The van der Waals surface area contributed by atoms with E-state index in [4.69, 9.17) is 0 Å². The summed E-state index contributed by atoms with van der Waals surface area (Å²) < 4.78 is 2.70. The Kier molecular flexibility index (Phi) is 40.8. The van der Waals surface area contributed by atoms with Crippen molar-refractivity contribution in [1.29, 1.82) is 0 Å². The van der Waals surface area contributed by atoms with E-state index in [0.717, 1.165) is 118 Å². The van der Waals surface area contributed by atoms with Gasteiger partial charge >= 0.3 is 0 Å². The molecule has 0 saturated heterocycles. The zero-order valence-corrected chi connectivity index (χ0v) is 65.6. The van der Waals surface area contributed by atoms with Crippen LogP contribution in [0.25, 0.3) is 21.5 Å². The first kappa shape index (κ1) is 84.5. The smallest absolute Gasteiger partial charge is 0.261 e. The third kappa shape index (κ3) is 28.2. The van der Waals surface area contributed by atoms with E-state index in [1.807, 2.05) is 0 Å². The summed E-state index contributed by atoms with van der Waals surface area (Å²) in [6.45, 7) is 11.1. The van der Waals surface area contributed by atoms with Gasteiger partial charge in [0.15, 0.2) is 0 Å². The summed E-state index contributed by atoms with van der Waals surface area (Å²) in [5.41, 5.74) is -1.38. The molecule has 1 aromatic carbocycles. The molecule has 2 aliphatic carbocycles. The highest BCUT2D eigenvalue weighted by atomic mass is 16.2. The van der Waals surface area contributed by atoms with Gasteiger partial charge in [0.05, 0.1) is 21.5 Å². The second kappa shape index (κ2) is 49.2. The van der Waals surface area contributed by atoms with Gasteiger partial charge in [0.25, 0.3) is 45.9 Å². The molecule has 574 valence electrons. The van der Waals surface area contributed by atoms with Gasteiger partial charge in [-0.25, -0.2) is 0 Å². The summed E-state index contributed by atoms with van der Waals surface area (Å²) in [5, 5.41) is 1.03. The summed E-state index contributed by atoms with van der Waals surface area (Å²) >= 11 is 0. The van der Waals surface area contributed by atoms with Crippen LogP contribution in [0.4, 0.5) is 0 Å². The molecule has 0 bridgehead atoms. The molecule has 2 aromatic heterocycles. The maximum absolute atomic E-state index is 13.9. The molecule has 2 aliphatic heterocycles. The lowest BCUT2D eigenvalue weighted by molar-refractivity contribution is -0.138. The number of imide groups is 2. The van der Waals surface area contributed by atoms with E-state index in [-0.39, 0.29) is 67.4 Å². The molecule has 0 N–H and O–H groups in total. The van der Waals surface area contributed by atoms with Gasteiger partial charge in [0.1, 0.15) is 0 Å². The summed E-state index contributed by atoms with van der Waals surface area (Å²) in [6, 6.07) is 3.08. The standard InChI is InChI=1S/C90H146N4O8/c1-5-9-13-17-31-43-55-77-74(52-40-16-12-8-4)66-72(68-75(77)53-41-29-21-25-34-46-62-92-85(97)59-60-86(92)98)50-38-28-20-24-35-47-63-93-87(99)79-69-81-82(70-80(79)88(93)100)90(102)94(89(81)101)64-48-36-26-22-30-42-54-76-67-71(49-37-27-19-23-33-45-61-91-83(95)57-58-84(91)96)65-73(51-39-15-11-7-3)78(76)56-44-32-18-14-10-6-2/h57-60,69-78H,5-56,61-68H2,1-4H3. The minimum absolute atomic E-state index is 0.167. The topological polar surface area (TPSA) is 153 Å². The van der Waals surface area contributed by atoms with Crippen molar-refractivity contribution >= 4 is 45.2 Å². The first-order valence-corrected chi connectivity index (χ1v) is 43.9. The molecule has 2 fully saturated rings. The number of nitrogens with zero attached hydrogens (tertiary/aromatic N) is 4. The predicted octanol–water partition coefficient (Wildman–Crippen LogP) is 22.6. The highest BCUT2D eigenvalue weighted by molar-refractivity contribution is 6.13. The van der Waals surface area contributed by atoms with Crippen molar-refractivity contribution in [3.63, 3.8) is 0 Å². The van der Waals surface area contributed by atoms with Crippen LogP contribution in [0.3, 0.4) is 0 Å². The lowest BCUT2D eigenvalue weighted by Crippen LogP contribution is -2.33. The Morgan fingerprint density at radius 3 is 0.716 bits per heavy atom. The van der Waals surface area contributed by atoms with Gasteiger partial charge in [0, 0.05) is 50.5 Å². The lowest BCUT2D eigenvalue weighted by Gasteiger charge is -2.43. The number of hydrogen-bond acceptors (Lipinski definition) is 8. The molecule has 4 heterocycles. The lowest BCUT2D eigenvalue weighted by atomic mass is 9.62. The second-order valence-corrected chi connectivity index (χ2v) is 33.3. The van der Waals surface area contributed by atoms with Crippen LogP contribution in [0.15, 0.2) is 55.6 Å². The molecular formula is C90H146N4O8. The molecule has 4 aliphatic rings. The Morgan fingerprint density at radius 1 is 0.245 bits per heavy atom. The molecule has 102 heavy (non-hydrogen) atoms. The third-order valence-corrected chi connectivity index (χ3v) is 25.4. The van der Waals surface area contributed by atoms with Gasteiger partial charge < -0.3 is 0 Å². The van der Waals surface area contributed by atoms with E-state index in [2.05, 4.69) is 27.7 Å². The van der Waals surface area contributed by atoms with Gasteiger partial charge in [-0.15, -0.1) is 0 Å². The molecule has 8 unspecified atom stereocenters. The van der Waals surface area contributed by atoms with Crippen LogP contribution >= 0.6 is 0 Å². The fourth-order valence-corrected chi connectivity index (χ4v) is 19.5. The number of fused-ring (bicyclic) bond motifs is 2. The summed E-state index contributed by atoms with van der Waals surface area (Å²) in [4.78, 5) is 106. The molecule has 12 nitrogen and oxygen atoms in total. The molecule has 0 spiro atoms. The van der Waals surface area contributed by atoms with Crippen molar-refractivity contribution in [3.8, 4) is 0 Å². The number of carbonyl (C=O) groups is 4. The Labute approximate surface area is 618 Å². The summed E-state index contributed by atoms with van der Waals surface area (Å²) in [6.07, 6.45) is 76.1. The van der Waals surface area contributed by atoms with Crippen molar-refractivity contribution in [2.75, 3.05) is 13.1 Å². The van der Waals surface area contributed by atoms with Crippen LogP contribution in [-0.4, -0.2) is 55.7 Å². The molecule has 7 rings (SSSR count). The van der Waals surface area contributed by atoms with E-state index in [1.165, 1.54) is 344 Å². The predicted molar refractivity (Wildman–Crippen MR) is 426 cm³/mol. The highest BCUT2D eigenvalue weighted by Crippen LogP contribution is 2.49. The first-order valence-electron chi connectivity index (χ1n) is 43.9. The quantitative estimate of drug-likeness (QED) is 0.0400. The third-order valence-electron chi connectivity index (χ3n) is 25.4. The van der Waals surface area contributed by atoms with Crippen LogP contribution in [0.5, 0.6) is 0 Å². The van der Waals surface area contributed by atoms with Gasteiger partial charge in [-0.05, 0) is 124 Å². The number of unbranched alkanes of at least 4 members (excludes halogenated alkanes) is 36. The van der Waals surface area contributed by atoms with Crippen molar-refractivity contribution in [3.05, 3.63) is 77.9 Å². The number of rotatable bonds is 60. The number of aromatic nitrogens is 2. The monoisotopic (exact) mass is 1410 g/mol. The molecule has 4 amide bonds. The minimum Gasteiger partial charge on any atom is -0.275 e. The molecular weight excluding hydrogens is 1270 g/mol. The number of hydrogen-bond donors (Lipinski definition) is 0.